The molecule has 1 saturated heterocycles. The van der Waals surface area contributed by atoms with Crippen LogP contribution in [-0.2, 0) is 19.1 Å². The van der Waals surface area contributed by atoms with Crippen molar-refractivity contribution in [1.82, 2.24) is 15.5 Å². The highest BCUT2D eigenvalue weighted by atomic mass is 32.2. The number of phenols is 1. The Morgan fingerprint density at radius 1 is 1.19 bits per heavy atom. The third kappa shape index (κ3) is 4.98. The number of nitrogens with zero attached hydrogens (tertiary/aromatic N) is 1. The van der Waals surface area contributed by atoms with Gasteiger partial charge in [0.1, 0.15) is 34.5 Å². The largest absolute Gasteiger partial charge is 0.508 e. The zero-order chi connectivity index (χ0) is 23.8. The summed E-state index contributed by atoms with van der Waals surface area (Å²) in [5.74, 6) is -2.44. The van der Waals surface area contributed by atoms with E-state index in [4.69, 9.17) is 4.74 Å². The Hall–Kier alpha value is -3.21. The molecule has 0 aliphatic carbocycles. The first-order valence-electron chi connectivity index (χ1n) is 9.90. The van der Waals surface area contributed by atoms with E-state index in [-0.39, 0.29) is 16.7 Å². The summed E-state index contributed by atoms with van der Waals surface area (Å²) in [6.07, 6.45) is 0.659. The molecule has 11 heteroatoms. The second-order valence-electron chi connectivity index (χ2n) is 8.45. The minimum Gasteiger partial charge on any atom is -0.508 e. The Kier molecular flexibility index (Phi) is 6.40. The van der Waals surface area contributed by atoms with Crippen LogP contribution in [0.4, 0.5) is 4.79 Å². The summed E-state index contributed by atoms with van der Waals surface area (Å²) in [6, 6.07) is 3.52. The fourth-order valence-electron chi connectivity index (χ4n) is 3.36. The number of amides is 3. The topological polar surface area (TPSA) is 145 Å². The first kappa shape index (κ1) is 23.5. The highest BCUT2D eigenvalue weighted by Crippen LogP contribution is 2.40. The number of aromatic hydroxyl groups is 1. The molecular formula is C21H25N3O7S. The van der Waals surface area contributed by atoms with Crippen LogP contribution >= 0.6 is 11.8 Å². The van der Waals surface area contributed by atoms with Crippen LogP contribution in [0.1, 0.15) is 39.3 Å². The van der Waals surface area contributed by atoms with Gasteiger partial charge < -0.3 is 25.6 Å². The molecule has 0 radical (unpaired) electrons. The summed E-state index contributed by atoms with van der Waals surface area (Å²) in [4.78, 5) is 50.7. The van der Waals surface area contributed by atoms with Crippen molar-refractivity contribution in [2.24, 2.45) is 0 Å². The van der Waals surface area contributed by atoms with E-state index >= 15 is 0 Å². The van der Waals surface area contributed by atoms with Crippen LogP contribution in [0.25, 0.3) is 0 Å². The molecule has 1 aromatic rings. The number of hydrogen-bond donors (Lipinski definition) is 4. The van der Waals surface area contributed by atoms with Crippen molar-refractivity contribution in [1.29, 1.82) is 0 Å². The average molecular weight is 464 g/mol. The van der Waals surface area contributed by atoms with Gasteiger partial charge in [0.25, 0.3) is 5.91 Å². The summed E-state index contributed by atoms with van der Waals surface area (Å²) in [7, 11) is 0. The standard InChI is InChI=1S/C21H25N3O7S/c1-10-9-13(19(28)29)24-17(27)15(18(24)32-10)22-16(26)14(11-5-7-12(25)8-6-11)23-20(30)31-21(2,3)4/h5-10,14-15,18,25H,1-4H3,(H,22,26)(H,23,30)(H,28,29)/t10?,14?,15?,18-/m0/s1. The Bertz CT molecular complexity index is 971. The molecule has 0 spiro atoms. The first-order valence-corrected chi connectivity index (χ1v) is 10.8. The Morgan fingerprint density at radius 2 is 1.81 bits per heavy atom. The molecule has 4 atom stereocenters. The van der Waals surface area contributed by atoms with Crippen LogP contribution < -0.4 is 10.6 Å². The van der Waals surface area contributed by atoms with Crippen molar-refractivity contribution in [2.75, 3.05) is 0 Å². The van der Waals surface area contributed by atoms with E-state index in [0.717, 1.165) is 4.90 Å². The summed E-state index contributed by atoms with van der Waals surface area (Å²) in [5, 5.41) is 23.3. The number of hydrogen-bond acceptors (Lipinski definition) is 7. The average Bonchev–Trinajstić information content (AvgIpc) is 2.68. The number of phenolic OH excluding ortho intramolecular Hbond substituents is 1. The van der Waals surface area contributed by atoms with Gasteiger partial charge in [0.15, 0.2) is 0 Å². The number of fused-ring (bicyclic) bond motifs is 1. The highest BCUT2D eigenvalue weighted by molar-refractivity contribution is 8.00. The molecule has 10 nitrogen and oxygen atoms in total. The van der Waals surface area contributed by atoms with Gasteiger partial charge in [-0.15, -0.1) is 11.8 Å². The van der Waals surface area contributed by atoms with E-state index in [0.29, 0.717) is 5.56 Å². The van der Waals surface area contributed by atoms with Gasteiger partial charge in [0.2, 0.25) is 5.91 Å². The van der Waals surface area contributed by atoms with Crippen LogP contribution in [0.3, 0.4) is 0 Å². The van der Waals surface area contributed by atoms with Gasteiger partial charge in [-0.25, -0.2) is 9.59 Å². The first-order chi connectivity index (χ1) is 14.9. The van der Waals surface area contributed by atoms with Gasteiger partial charge in [-0.3, -0.25) is 14.5 Å². The number of β-lactam (4-membered cyclic amide) rings is 1. The normalized spacial score (nSPS) is 23.2. The number of alkyl carbamates (subject to hydrolysis) is 1. The minimum absolute atomic E-state index is 0.0180. The number of ether oxygens (including phenoxy) is 1. The number of carbonyl (C=O) groups is 4. The van der Waals surface area contributed by atoms with Crippen molar-refractivity contribution >= 4 is 35.6 Å². The Labute approximate surface area is 189 Å². The fraction of sp³-hybridized carbons (Fsp3) is 0.429. The number of carbonyl (C=O) groups excluding carboxylic acids is 3. The van der Waals surface area contributed by atoms with Gasteiger partial charge in [-0.05, 0) is 51.5 Å². The summed E-state index contributed by atoms with van der Waals surface area (Å²) < 4.78 is 5.24. The molecule has 1 aromatic carbocycles. The van der Waals surface area contributed by atoms with Crippen LogP contribution in [0.5, 0.6) is 5.75 Å². The van der Waals surface area contributed by atoms with E-state index in [1.54, 1.807) is 27.7 Å². The molecular weight excluding hydrogens is 438 g/mol. The predicted octanol–water partition coefficient (Wildman–Crippen LogP) is 1.71. The van der Waals surface area contributed by atoms with E-state index in [1.165, 1.54) is 42.1 Å². The van der Waals surface area contributed by atoms with E-state index < -0.39 is 46.9 Å². The number of rotatable bonds is 5. The molecule has 172 valence electrons. The Morgan fingerprint density at radius 3 is 2.38 bits per heavy atom. The molecule has 4 N–H and O–H groups in total. The lowest BCUT2D eigenvalue weighted by molar-refractivity contribution is -0.150. The second-order valence-corrected chi connectivity index (χ2v) is 9.95. The summed E-state index contributed by atoms with van der Waals surface area (Å²) in [6.45, 7) is 6.84. The highest BCUT2D eigenvalue weighted by Gasteiger charge is 2.54. The maximum atomic E-state index is 13.1. The van der Waals surface area contributed by atoms with Crippen molar-refractivity contribution in [3.8, 4) is 5.75 Å². The van der Waals surface area contributed by atoms with Crippen molar-refractivity contribution < 1.29 is 34.1 Å². The molecule has 3 unspecified atom stereocenters. The molecule has 1 fully saturated rings. The van der Waals surface area contributed by atoms with Crippen LogP contribution in [0.2, 0.25) is 0 Å². The lowest BCUT2D eigenvalue weighted by Crippen LogP contribution is -2.71. The number of carboxylic acids is 1. The maximum absolute atomic E-state index is 13.1. The van der Waals surface area contributed by atoms with Crippen molar-refractivity contribution in [2.45, 2.75) is 56.0 Å². The summed E-state index contributed by atoms with van der Waals surface area (Å²) >= 11 is 1.35. The summed E-state index contributed by atoms with van der Waals surface area (Å²) in [5.41, 5.74) is -0.539. The number of thioether (sulfide) groups is 1. The monoisotopic (exact) mass is 463 g/mol. The minimum atomic E-state index is -1.21. The third-order valence-corrected chi connectivity index (χ3v) is 6.04. The van der Waals surface area contributed by atoms with E-state index in [1.807, 2.05) is 0 Å². The quantitative estimate of drug-likeness (QED) is 0.483. The number of carboxylic acid groups (broad SMARTS) is 1. The van der Waals surface area contributed by atoms with Gasteiger partial charge in [0.05, 0.1) is 0 Å². The molecule has 3 amide bonds. The lowest BCUT2D eigenvalue weighted by atomic mass is 10.0. The van der Waals surface area contributed by atoms with Crippen molar-refractivity contribution in [3.63, 3.8) is 0 Å². The number of nitrogens with one attached hydrogen (secondary N) is 2. The molecule has 3 rings (SSSR count). The van der Waals surface area contributed by atoms with Gasteiger partial charge in [-0.2, -0.15) is 0 Å². The zero-order valence-electron chi connectivity index (χ0n) is 18.0. The molecule has 32 heavy (non-hydrogen) atoms. The van der Waals surface area contributed by atoms with Crippen molar-refractivity contribution in [3.05, 3.63) is 41.6 Å². The van der Waals surface area contributed by atoms with Crippen LogP contribution in [-0.4, -0.2) is 61.3 Å². The zero-order valence-corrected chi connectivity index (χ0v) is 18.8. The molecule has 0 bridgehead atoms. The van der Waals surface area contributed by atoms with E-state index in [9.17, 15) is 29.4 Å². The van der Waals surface area contributed by atoms with E-state index in [2.05, 4.69) is 10.6 Å². The molecule has 0 aromatic heterocycles. The number of aliphatic carboxylic acids is 1. The molecule has 2 aliphatic rings. The maximum Gasteiger partial charge on any atom is 0.408 e. The Balaban J connectivity index is 1.79. The molecule has 2 aliphatic heterocycles. The predicted molar refractivity (Wildman–Crippen MR) is 116 cm³/mol. The van der Waals surface area contributed by atoms with Gasteiger partial charge in [0, 0.05) is 5.25 Å². The molecule has 0 saturated carbocycles. The smallest absolute Gasteiger partial charge is 0.408 e. The third-order valence-electron chi connectivity index (χ3n) is 4.72. The second kappa shape index (κ2) is 8.73. The fourth-order valence-corrected chi connectivity index (χ4v) is 4.69. The number of benzene rings is 1. The van der Waals surface area contributed by atoms with Gasteiger partial charge in [-0.1, -0.05) is 12.1 Å². The van der Waals surface area contributed by atoms with Crippen LogP contribution in [0, 0.1) is 0 Å². The molecule has 2 heterocycles. The van der Waals surface area contributed by atoms with Crippen LogP contribution in [0.15, 0.2) is 36.0 Å². The lowest BCUT2D eigenvalue weighted by Gasteiger charge is -2.49. The van der Waals surface area contributed by atoms with Gasteiger partial charge >= 0.3 is 12.1 Å². The SMILES string of the molecule is CC1C=C(C(=O)O)N2C(=O)C(NC(=O)C(NC(=O)OC(C)(C)C)c3ccc(O)cc3)[C@@H]2S1.